The van der Waals surface area contributed by atoms with Crippen LogP contribution in [0.4, 0.5) is 5.82 Å². The molecule has 1 aromatic rings. The normalized spacial score (nSPS) is 25.9. The van der Waals surface area contributed by atoms with Crippen molar-refractivity contribution in [3.8, 4) is 0 Å². The van der Waals surface area contributed by atoms with Gasteiger partial charge in [-0.25, -0.2) is 9.97 Å². The maximum absolute atomic E-state index is 5.56. The van der Waals surface area contributed by atoms with Gasteiger partial charge in [0.15, 0.2) is 0 Å². The Morgan fingerprint density at radius 3 is 2.95 bits per heavy atom. The molecule has 1 N–H and O–H groups in total. The molecule has 0 saturated carbocycles. The Labute approximate surface area is 127 Å². The van der Waals surface area contributed by atoms with Crippen molar-refractivity contribution in [2.75, 3.05) is 37.7 Å². The Morgan fingerprint density at radius 2 is 2.24 bits per heavy atom. The Hall–Kier alpha value is -1.20. The third kappa shape index (κ3) is 3.52. The van der Waals surface area contributed by atoms with E-state index in [0.717, 1.165) is 43.6 Å². The predicted octanol–water partition coefficient (Wildman–Crippen LogP) is 2.07. The molecule has 116 valence electrons. The van der Waals surface area contributed by atoms with Gasteiger partial charge < -0.3 is 15.0 Å². The number of hydrogen-bond donors (Lipinski definition) is 1. The lowest BCUT2D eigenvalue weighted by atomic mass is 9.84. The third-order valence-electron chi connectivity index (χ3n) is 4.35. The average molecular weight is 290 g/mol. The number of ether oxygens (including phenoxy) is 1. The Kier molecular flexibility index (Phi) is 4.13. The number of piperidine rings is 1. The van der Waals surface area contributed by atoms with Crippen molar-refractivity contribution in [3.05, 3.63) is 17.6 Å². The van der Waals surface area contributed by atoms with Crippen LogP contribution in [0, 0.1) is 12.3 Å². The van der Waals surface area contributed by atoms with Gasteiger partial charge in [0.05, 0.1) is 24.9 Å². The molecule has 2 aliphatic heterocycles. The molecule has 0 spiro atoms. The van der Waals surface area contributed by atoms with Crippen LogP contribution in [0.15, 0.2) is 6.07 Å². The Balaban J connectivity index is 1.83. The summed E-state index contributed by atoms with van der Waals surface area (Å²) in [5.41, 5.74) is 1.42. The number of rotatable bonds is 2. The minimum Gasteiger partial charge on any atom is -0.378 e. The molecule has 0 unspecified atom stereocenters. The summed E-state index contributed by atoms with van der Waals surface area (Å²) in [6.45, 7) is 11.2. The first kappa shape index (κ1) is 14.7. The van der Waals surface area contributed by atoms with Crippen LogP contribution in [-0.2, 0) is 4.74 Å². The molecule has 0 amide bonds. The number of hydrogen-bond acceptors (Lipinski definition) is 5. The van der Waals surface area contributed by atoms with Crippen molar-refractivity contribution in [2.45, 2.75) is 39.7 Å². The summed E-state index contributed by atoms with van der Waals surface area (Å²) < 4.78 is 5.56. The molecular formula is C16H26N4O. The molecule has 3 rings (SSSR count). The number of morpholine rings is 1. The molecule has 0 bridgehead atoms. The van der Waals surface area contributed by atoms with Gasteiger partial charge >= 0.3 is 0 Å². The third-order valence-corrected chi connectivity index (χ3v) is 4.35. The standard InChI is InChI=1S/C16H26N4O/c1-12-18-13(14-10-21-8-6-17-14)9-15(19-12)20-7-4-5-16(2,3)11-20/h9,14,17H,4-8,10-11H2,1-3H3/t14-/m1/s1. The smallest absolute Gasteiger partial charge is 0.132 e. The van der Waals surface area contributed by atoms with Crippen molar-refractivity contribution in [1.29, 1.82) is 0 Å². The predicted molar refractivity (Wildman–Crippen MR) is 83.6 cm³/mol. The van der Waals surface area contributed by atoms with Gasteiger partial charge in [-0.05, 0) is 25.2 Å². The van der Waals surface area contributed by atoms with E-state index >= 15 is 0 Å². The largest absolute Gasteiger partial charge is 0.378 e. The van der Waals surface area contributed by atoms with Crippen LogP contribution in [0.3, 0.4) is 0 Å². The second-order valence-electron chi connectivity index (χ2n) is 6.97. The number of aryl methyl sites for hydroxylation is 1. The lowest BCUT2D eigenvalue weighted by Crippen LogP contribution is -2.41. The maximum Gasteiger partial charge on any atom is 0.132 e. The minimum atomic E-state index is 0.192. The van der Waals surface area contributed by atoms with E-state index in [1.54, 1.807) is 0 Å². The first-order valence-electron chi connectivity index (χ1n) is 7.95. The summed E-state index contributed by atoms with van der Waals surface area (Å²) in [6, 6.07) is 2.33. The number of aromatic nitrogens is 2. The van der Waals surface area contributed by atoms with E-state index in [-0.39, 0.29) is 6.04 Å². The highest BCUT2D eigenvalue weighted by molar-refractivity contribution is 5.41. The Bertz CT molecular complexity index is 497. The molecular weight excluding hydrogens is 264 g/mol. The summed E-state index contributed by atoms with van der Waals surface area (Å²) >= 11 is 0. The van der Waals surface area contributed by atoms with Crippen LogP contribution in [0.5, 0.6) is 0 Å². The molecule has 3 heterocycles. The first-order valence-corrected chi connectivity index (χ1v) is 7.95. The fourth-order valence-electron chi connectivity index (χ4n) is 3.29. The molecule has 2 saturated heterocycles. The van der Waals surface area contributed by atoms with E-state index in [1.165, 1.54) is 12.8 Å². The van der Waals surface area contributed by atoms with Gasteiger partial charge in [-0.2, -0.15) is 0 Å². The van der Waals surface area contributed by atoms with E-state index in [0.29, 0.717) is 12.0 Å². The molecule has 0 aliphatic carbocycles. The topological polar surface area (TPSA) is 50.3 Å². The number of anilines is 1. The van der Waals surface area contributed by atoms with E-state index in [1.807, 2.05) is 6.92 Å². The number of nitrogens with zero attached hydrogens (tertiary/aromatic N) is 3. The molecule has 5 heteroatoms. The molecule has 2 fully saturated rings. The summed E-state index contributed by atoms with van der Waals surface area (Å²) in [7, 11) is 0. The van der Waals surface area contributed by atoms with E-state index in [4.69, 9.17) is 4.74 Å². The molecule has 5 nitrogen and oxygen atoms in total. The summed E-state index contributed by atoms with van der Waals surface area (Å²) in [5.74, 6) is 1.91. The van der Waals surface area contributed by atoms with Crippen molar-refractivity contribution >= 4 is 5.82 Å². The fraction of sp³-hybridized carbons (Fsp3) is 0.750. The average Bonchev–Trinajstić information content (AvgIpc) is 2.46. The van der Waals surface area contributed by atoms with Gasteiger partial charge in [0.2, 0.25) is 0 Å². The van der Waals surface area contributed by atoms with Crippen LogP contribution >= 0.6 is 0 Å². The van der Waals surface area contributed by atoms with Gasteiger partial charge in [0.25, 0.3) is 0 Å². The second kappa shape index (κ2) is 5.89. The van der Waals surface area contributed by atoms with Crippen LogP contribution in [0.25, 0.3) is 0 Å². The van der Waals surface area contributed by atoms with Gasteiger partial charge in [-0.1, -0.05) is 13.8 Å². The molecule has 0 radical (unpaired) electrons. The number of nitrogens with one attached hydrogen (secondary N) is 1. The fourth-order valence-corrected chi connectivity index (χ4v) is 3.29. The quantitative estimate of drug-likeness (QED) is 0.903. The van der Waals surface area contributed by atoms with Gasteiger partial charge in [-0.15, -0.1) is 0 Å². The summed E-state index contributed by atoms with van der Waals surface area (Å²) in [4.78, 5) is 11.7. The molecule has 2 aliphatic rings. The highest BCUT2D eigenvalue weighted by Gasteiger charge is 2.28. The van der Waals surface area contributed by atoms with Crippen LogP contribution in [-0.4, -0.2) is 42.8 Å². The highest BCUT2D eigenvalue weighted by Crippen LogP contribution is 2.31. The van der Waals surface area contributed by atoms with Crippen molar-refractivity contribution in [3.63, 3.8) is 0 Å². The lowest BCUT2D eigenvalue weighted by molar-refractivity contribution is 0.0755. The highest BCUT2D eigenvalue weighted by atomic mass is 16.5. The monoisotopic (exact) mass is 290 g/mol. The van der Waals surface area contributed by atoms with Crippen molar-refractivity contribution in [2.24, 2.45) is 5.41 Å². The van der Waals surface area contributed by atoms with E-state index < -0.39 is 0 Å². The second-order valence-corrected chi connectivity index (χ2v) is 6.97. The van der Waals surface area contributed by atoms with Crippen LogP contribution in [0.1, 0.15) is 44.2 Å². The lowest BCUT2D eigenvalue weighted by Gasteiger charge is -2.39. The van der Waals surface area contributed by atoms with Gasteiger partial charge in [0.1, 0.15) is 11.6 Å². The van der Waals surface area contributed by atoms with E-state index in [2.05, 4.69) is 40.1 Å². The first-order chi connectivity index (χ1) is 10.0. The molecule has 0 aromatic carbocycles. The molecule has 1 aromatic heterocycles. The molecule has 1 atom stereocenters. The van der Waals surface area contributed by atoms with Gasteiger partial charge in [0, 0.05) is 25.7 Å². The Morgan fingerprint density at radius 1 is 1.38 bits per heavy atom. The zero-order valence-electron chi connectivity index (χ0n) is 13.4. The SMILES string of the molecule is Cc1nc([C@H]2COCCN2)cc(N2CCCC(C)(C)C2)n1. The van der Waals surface area contributed by atoms with Gasteiger partial charge in [-0.3, -0.25) is 0 Å². The van der Waals surface area contributed by atoms with Crippen molar-refractivity contribution < 1.29 is 4.74 Å². The summed E-state index contributed by atoms with van der Waals surface area (Å²) in [6.07, 6.45) is 2.52. The maximum atomic E-state index is 5.56. The van der Waals surface area contributed by atoms with Crippen LogP contribution < -0.4 is 10.2 Å². The van der Waals surface area contributed by atoms with Crippen LogP contribution in [0.2, 0.25) is 0 Å². The van der Waals surface area contributed by atoms with E-state index in [9.17, 15) is 0 Å². The zero-order valence-corrected chi connectivity index (χ0v) is 13.4. The minimum absolute atomic E-state index is 0.192. The zero-order chi connectivity index (χ0) is 14.9. The summed E-state index contributed by atoms with van der Waals surface area (Å²) in [5, 5.41) is 3.48. The van der Waals surface area contributed by atoms with Crippen molar-refractivity contribution in [1.82, 2.24) is 15.3 Å². The molecule has 21 heavy (non-hydrogen) atoms.